The molecule has 2 N–H and O–H groups in total. The predicted octanol–water partition coefficient (Wildman–Crippen LogP) is 3.49. The van der Waals surface area contributed by atoms with Gasteiger partial charge in [-0.25, -0.2) is 0 Å². The van der Waals surface area contributed by atoms with Gasteiger partial charge in [0, 0.05) is 5.02 Å². The number of thiocarbonyl (C=S) groups is 1. The molecule has 0 bridgehead atoms. The van der Waals surface area contributed by atoms with Crippen molar-refractivity contribution in [3.8, 4) is 11.5 Å². The molecule has 1 aliphatic heterocycles. The zero-order valence-corrected chi connectivity index (χ0v) is 17.6. The molecule has 9 heteroatoms. The Bertz CT molecular complexity index is 992. The fraction of sp³-hybridized carbons (Fsp3) is 0.0556. The number of rotatable bonds is 3. The third-order valence-electron chi connectivity index (χ3n) is 3.77. The molecular formula is C18H12ClIN2O4S. The molecule has 2 amide bonds. The van der Waals surface area contributed by atoms with Crippen molar-refractivity contribution < 1.29 is 19.4 Å². The average Bonchev–Trinajstić information content (AvgIpc) is 2.62. The number of halogens is 2. The van der Waals surface area contributed by atoms with Crippen molar-refractivity contribution in [2.45, 2.75) is 0 Å². The Morgan fingerprint density at radius 1 is 1.26 bits per heavy atom. The van der Waals surface area contributed by atoms with Gasteiger partial charge in [-0.05, 0) is 82.8 Å². The van der Waals surface area contributed by atoms with E-state index in [1.54, 1.807) is 30.3 Å². The second-order valence-corrected chi connectivity index (χ2v) is 7.47. The van der Waals surface area contributed by atoms with Gasteiger partial charge in [-0.1, -0.05) is 11.6 Å². The maximum absolute atomic E-state index is 12.9. The Morgan fingerprint density at radius 3 is 2.56 bits per heavy atom. The van der Waals surface area contributed by atoms with Crippen molar-refractivity contribution in [1.29, 1.82) is 0 Å². The molecule has 0 radical (unpaired) electrons. The molecule has 1 aliphatic rings. The number of anilines is 1. The Labute approximate surface area is 178 Å². The summed E-state index contributed by atoms with van der Waals surface area (Å²) in [5.41, 5.74) is 0.914. The molecule has 1 heterocycles. The molecule has 3 rings (SSSR count). The van der Waals surface area contributed by atoms with Gasteiger partial charge in [-0.2, -0.15) is 0 Å². The van der Waals surface area contributed by atoms with E-state index >= 15 is 0 Å². The number of methoxy groups -OCH3 is 1. The number of nitrogens with zero attached hydrogens (tertiary/aromatic N) is 1. The summed E-state index contributed by atoms with van der Waals surface area (Å²) in [4.78, 5) is 26.5. The van der Waals surface area contributed by atoms with Gasteiger partial charge in [0.05, 0.1) is 16.4 Å². The number of ether oxygens (including phenoxy) is 1. The normalized spacial score (nSPS) is 15.9. The third-order valence-corrected chi connectivity index (χ3v) is 5.13. The Kier molecular flexibility index (Phi) is 5.68. The van der Waals surface area contributed by atoms with Gasteiger partial charge in [-0.15, -0.1) is 0 Å². The highest BCUT2D eigenvalue weighted by molar-refractivity contribution is 14.1. The lowest BCUT2D eigenvalue weighted by molar-refractivity contribution is -0.122. The molecule has 1 saturated heterocycles. The number of phenols is 1. The van der Waals surface area contributed by atoms with Crippen LogP contribution in [0.25, 0.3) is 6.08 Å². The second-order valence-electron chi connectivity index (χ2n) is 5.49. The zero-order chi connectivity index (χ0) is 19.7. The summed E-state index contributed by atoms with van der Waals surface area (Å²) in [5.74, 6) is -0.934. The van der Waals surface area contributed by atoms with E-state index in [9.17, 15) is 14.7 Å². The van der Waals surface area contributed by atoms with E-state index in [0.717, 1.165) is 0 Å². The largest absolute Gasteiger partial charge is 0.504 e. The highest BCUT2D eigenvalue weighted by atomic mass is 127. The fourth-order valence-corrected chi connectivity index (χ4v) is 3.51. The Balaban J connectivity index is 2.04. The number of nitrogens with one attached hydrogen (secondary N) is 1. The van der Waals surface area contributed by atoms with E-state index in [4.69, 9.17) is 28.6 Å². The molecule has 0 unspecified atom stereocenters. The number of carbonyl (C=O) groups is 2. The first-order valence-electron chi connectivity index (χ1n) is 7.55. The lowest BCUT2D eigenvalue weighted by atomic mass is 10.1. The molecule has 0 aromatic heterocycles. The lowest BCUT2D eigenvalue weighted by Gasteiger charge is -2.29. The van der Waals surface area contributed by atoms with E-state index in [1.807, 2.05) is 22.6 Å². The van der Waals surface area contributed by atoms with Crippen molar-refractivity contribution in [3.05, 3.63) is 56.1 Å². The number of benzene rings is 2. The summed E-state index contributed by atoms with van der Waals surface area (Å²) in [6.45, 7) is 0. The van der Waals surface area contributed by atoms with Crippen LogP contribution in [0.5, 0.6) is 11.5 Å². The maximum Gasteiger partial charge on any atom is 0.270 e. The molecule has 0 atom stereocenters. The van der Waals surface area contributed by atoms with E-state index in [-0.39, 0.29) is 22.2 Å². The predicted molar refractivity (Wildman–Crippen MR) is 115 cm³/mol. The van der Waals surface area contributed by atoms with Gasteiger partial charge in [0.1, 0.15) is 5.57 Å². The van der Waals surface area contributed by atoms with Crippen LogP contribution >= 0.6 is 46.4 Å². The zero-order valence-electron chi connectivity index (χ0n) is 13.8. The average molecular weight is 515 g/mol. The van der Waals surface area contributed by atoms with Crippen molar-refractivity contribution in [2.75, 3.05) is 12.0 Å². The molecule has 0 spiro atoms. The quantitative estimate of drug-likeness (QED) is 0.284. The highest BCUT2D eigenvalue weighted by Crippen LogP contribution is 2.33. The van der Waals surface area contributed by atoms with E-state index < -0.39 is 11.8 Å². The van der Waals surface area contributed by atoms with E-state index in [0.29, 0.717) is 19.8 Å². The first-order chi connectivity index (χ1) is 12.8. The molecule has 27 heavy (non-hydrogen) atoms. The van der Waals surface area contributed by atoms with Crippen LogP contribution in [0.15, 0.2) is 42.0 Å². The summed E-state index contributed by atoms with van der Waals surface area (Å²) in [6, 6.07) is 9.68. The van der Waals surface area contributed by atoms with Crippen molar-refractivity contribution in [3.63, 3.8) is 0 Å². The van der Waals surface area contributed by atoms with Gasteiger partial charge < -0.3 is 9.84 Å². The summed E-state index contributed by atoms with van der Waals surface area (Å²) >= 11 is 13.0. The number of amides is 2. The van der Waals surface area contributed by atoms with Crippen LogP contribution in [-0.2, 0) is 9.59 Å². The van der Waals surface area contributed by atoms with Crippen LogP contribution in [0.1, 0.15) is 5.56 Å². The molecule has 0 aliphatic carbocycles. The minimum Gasteiger partial charge on any atom is -0.504 e. The highest BCUT2D eigenvalue weighted by Gasteiger charge is 2.34. The number of hydrogen-bond acceptors (Lipinski definition) is 5. The standard InChI is InChI=1S/C18H12ClIN2O4S/c1-26-14-8-9(7-13(20)15(14)23)6-12-16(24)21-18(27)22(17(12)25)11-4-2-10(19)3-5-11/h2-8,23H,1H3,(H,21,24,27)/b12-6+. The van der Waals surface area contributed by atoms with Crippen LogP contribution in [-0.4, -0.2) is 29.1 Å². The smallest absolute Gasteiger partial charge is 0.270 e. The molecule has 1 fully saturated rings. The molecule has 2 aromatic rings. The number of aromatic hydroxyl groups is 1. The Hall–Kier alpha value is -2.17. The third kappa shape index (κ3) is 3.92. The van der Waals surface area contributed by atoms with E-state index in [2.05, 4.69) is 5.32 Å². The Morgan fingerprint density at radius 2 is 1.93 bits per heavy atom. The van der Waals surface area contributed by atoms with Crippen molar-refractivity contribution in [1.82, 2.24) is 5.32 Å². The van der Waals surface area contributed by atoms with Crippen molar-refractivity contribution >= 4 is 75.1 Å². The molecule has 2 aromatic carbocycles. The van der Waals surface area contributed by atoms with Crippen LogP contribution in [0.3, 0.4) is 0 Å². The summed E-state index contributed by atoms with van der Waals surface area (Å²) in [5, 5.41) is 13.0. The first-order valence-corrected chi connectivity index (χ1v) is 9.42. The minimum atomic E-state index is -0.600. The number of hydrogen-bond donors (Lipinski definition) is 2. The van der Waals surface area contributed by atoms with E-state index in [1.165, 1.54) is 24.2 Å². The molecule has 138 valence electrons. The lowest BCUT2D eigenvalue weighted by Crippen LogP contribution is -2.54. The maximum atomic E-state index is 12.9. The van der Waals surface area contributed by atoms with Crippen molar-refractivity contribution in [2.24, 2.45) is 0 Å². The first kappa shape index (κ1) is 19.6. The van der Waals surface area contributed by atoms with Gasteiger partial charge >= 0.3 is 0 Å². The second kappa shape index (κ2) is 7.83. The fourth-order valence-electron chi connectivity index (χ4n) is 2.48. The molecule has 6 nitrogen and oxygen atoms in total. The monoisotopic (exact) mass is 514 g/mol. The van der Waals surface area contributed by atoms with Crippen LogP contribution in [0.2, 0.25) is 5.02 Å². The minimum absolute atomic E-state index is 0.0105. The van der Waals surface area contributed by atoms with Gasteiger partial charge in [0.15, 0.2) is 16.6 Å². The van der Waals surface area contributed by atoms with Crippen LogP contribution < -0.4 is 15.0 Å². The van der Waals surface area contributed by atoms with Crippen LogP contribution in [0, 0.1) is 3.57 Å². The summed E-state index contributed by atoms with van der Waals surface area (Å²) in [6.07, 6.45) is 1.42. The number of phenolic OH excluding ortho intramolecular Hbond substituents is 1. The summed E-state index contributed by atoms with van der Waals surface area (Å²) in [7, 11) is 1.42. The molecular weight excluding hydrogens is 503 g/mol. The van der Waals surface area contributed by atoms with Gasteiger partial charge in [-0.3, -0.25) is 19.8 Å². The van der Waals surface area contributed by atoms with Gasteiger partial charge in [0.25, 0.3) is 11.8 Å². The summed E-state index contributed by atoms with van der Waals surface area (Å²) < 4.78 is 5.64. The SMILES string of the molecule is COc1cc(/C=C2\C(=O)NC(=S)N(c3ccc(Cl)cc3)C2=O)cc(I)c1O. The molecule has 0 saturated carbocycles. The van der Waals surface area contributed by atoms with Gasteiger partial charge in [0.2, 0.25) is 0 Å². The topological polar surface area (TPSA) is 78.9 Å². The van der Waals surface area contributed by atoms with Crippen LogP contribution in [0.4, 0.5) is 5.69 Å². The number of carbonyl (C=O) groups excluding carboxylic acids is 2.